The van der Waals surface area contributed by atoms with Gasteiger partial charge in [-0.3, -0.25) is 0 Å². The molecule has 0 amide bonds. The first kappa shape index (κ1) is 14.8. The molecule has 3 nitrogen and oxygen atoms in total. The van der Waals surface area contributed by atoms with Crippen molar-refractivity contribution < 1.29 is 0 Å². The molecule has 4 N–H and O–H groups in total. The Bertz CT molecular complexity index is 843. The lowest BCUT2D eigenvalue weighted by atomic mass is 9.96. The van der Waals surface area contributed by atoms with E-state index in [-0.39, 0.29) is 6.04 Å². The van der Waals surface area contributed by atoms with Crippen molar-refractivity contribution in [3.8, 4) is 17.2 Å². The summed E-state index contributed by atoms with van der Waals surface area (Å²) in [6, 6.07) is 25.2. The Balaban J connectivity index is 1.87. The Morgan fingerprint density at radius 1 is 0.783 bits per heavy atom. The van der Waals surface area contributed by atoms with E-state index in [1.165, 1.54) is 0 Å². The quantitative estimate of drug-likeness (QED) is 0.721. The number of hydrogen-bond acceptors (Lipinski definition) is 3. The minimum absolute atomic E-state index is 0.244. The van der Waals surface area contributed by atoms with Gasteiger partial charge in [0.1, 0.15) is 0 Å². The molecule has 0 fully saturated rings. The van der Waals surface area contributed by atoms with Crippen molar-refractivity contribution in [2.75, 3.05) is 5.73 Å². The molecule has 0 aliphatic heterocycles. The normalized spacial score (nSPS) is 11.7. The van der Waals surface area contributed by atoms with Crippen molar-refractivity contribution in [3.63, 3.8) is 0 Å². The zero-order chi connectivity index (χ0) is 16.2. The van der Waals surface area contributed by atoms with Crippen LogP contribution in [0.1, 0.15) is 22.7 Å². The molecule has 1 atom stereocenters. The second kappa shape index (κ2) is 6.35. The molecule has 1 unspecified atom stereocenters. The molecule has 3 heteroatoms. The van der Waals surface area contributed by atoms with Crippen molar-refractivity contribution in [1.82, 2.24) is 0 Å². The Hall–Kier alpha value is -3.09. The van der Waals surface area contributed by atoms with E-state index in [1.54, 1.807) is 0 Å². The Morgan fingerprint density at radius 3 is 1.91 bits per heavy atom. The van der Waals surface area contributed by atoms with Gasteiger partial charge in [0.25, 0.3) is 0 Å². The molecule has 3 aromatic rings. The van der Waals surface area contributed by atoms with E-state index in [2.05, 4.69) is 6.07 Å². The van der Waals surface area contributed by atoms with Crippen LogP contribution in [-0.2, 0) is 0 Å². The molecule has 0 bridgehead atoms. The minimum atomic E-state index is -0.244. The number of hydrogen-bond donors (Lipinski definition) is 2. The molecular formula is C20H17N3. The van der Waals surface area contributed by atoms with Crippen molar-refractivity contribution in [3.05, 3.63) is 89.5 Å². The van der Waals surface area contributed by atoms with Crippen LogP contribution in [0.5, 0.6) is 0 Å². The van der Waals surface area contributed by atoms with Gasteiger partial charge in [-0.05, 0) is 40.5 Å². The lowest BCUT2D eigenvalue weighted by Gasteiger charge is -2.15. The third kappa shape index (κ3) is 3.08. The second-order valence-electron chi connectivity index (χ2n) is 5.42. The maximum Gasteiger partial charge on any atom is 0.0991 e. The molecular weight excluding hydrogens is 282 g/mol. The monoisotopic (exact) mass is 299 g/mol. The summed E-state index contributed by atoms with van der Waals surface area (Å²) in [5, 5.41) is 8.85. The third-order valence-corrected chi connectivity index (χ3v) is 3.95. The fraction of sp³-hybridized carbons (Fsp3) is 0.0500. The van der Waals surface area contributed by atoms with Gasteiger partial charge in [-0.25, -0.2) is 0 Å². The van der Waals surface area contributed by atoms with E-state index in [0.717, 1.165) is 22.3 Å². The summed E-state index contributed by atoms with van der Waals surface area (Å²) in [6.45, 7) is 0. The first-order chi connectivity index (χ1) is 11.2. The Labute approximate surface area is 135 Å². The van der Waals surface area contributed by atoms with Crippen LogP contribution in [0.15, 0.2) is 72.8 Å². The highest BCUT2D eigenvalue weighted by molar-refractivity contribution is 5.65. The summed E-state index contributed by atoms with van der Waals surface area (Å²) in [4.78, 5) is 0. The smallest absolute Gasteiger partial charge is 0.0991 e. The molecule has 0 aromatic heterocycles. The van der Waals surface area contributed by atoms with Gasteiger partial charge in [0.2, 0.25) is 0 Å². The van der Waals surface area contributed by atoms with Gasteiger partial charge >= 0.3 is 0 Å². The highest BCUT2D eigenvalue weighted by atomic mass is 14.7. The minimum Gasteiger partial charge on any atom is -0.398 e. The average Bonchev–Trinajstić information content (AvgIpc) is 2.62. The first-order valence-electron chi connectivity index (χ1n) is 7.39. The van der Waals surface area contributed by atoms with E-state index in [9.17, 15) is 0 Å². The van der Waals surface area contributed by atoms with Gasteiger partial charge in [-0.15, -0.1) is 0 Å². The highest BCUT2D eigenvalue weighted by Gasteiger charge is 2.11. The van der Waals surface area contributed by atoms with Crippen LogP contribution in [0.25, 0.3) is 11.1 Å². The topological polar surface area (TPSA) is 75.8 Å². The van der Waals surface area contributed by atoms with Gasteiger partial charge in [0, 0.05) is 5.69 Å². The maximum absolute atomic E-state index is 8.85. The van der Waals surface area contributed by atoms with Crippen LogP contribution >= 0.6 is 0 Å². The molecule has 0 aliphatic carbocycles. The molecule has 0 saturated carbocycles. The zero-order valence-corrected chi connectivity index (χ0v) is 12.6. The highest BCUT2D eigenvalue weighted by Crippen LogP contribution is 2.27. The van der Waals surface area contributed by atoms with E-state index in [0.29, 0.717) is 11.3 Å². The number of nitriles is 1. The van der Waals surface area contributed by atoms with Gasteiger partial charge in [0.05, 0.1) is 17.7 Å². The van der Waals surface area contributed by atoms with Gasteiger partial charge < -0.3 is 11.5 Å². The predicted molar refractivity (Wildman–Crippen MR) is 93.5 cm³/mol. The van der Waals surface area contributed by atoms with Gasteiger partial charge in [-0.1, -0.05) is 54.6 Å². The number of nitrogens with two attached hydrogens (primary N) is 2. The molecule has 0 aliphatic rings. The largest absolute Gasteiger partial charge is 0.398 e. The second-order valence-corrected chi connectivity index (χ2v) is 5.42. The van der Waals surface area contributed by atoms with E-state index >= 15 is 0 Å². The van der Waals surface area contributed by atoms with E-state index in [4.69, 9.17) is 16.7 Å². The number of benzene rings is 3. The first-order valence-corrected chi connectivity index (χ1v) is 7.39. The summed E-state index contributed by atoms with van der Waals surface area (Å²) in [5.41, 5.74) is 17.8. The number of nitrogen functional groups attached to an aromatic ring is 1. The van der Waals surface area contributed by atoms with Crippen molar-refractivity contribution in [2.45, 2.75) is 6.04 Å². The van der Waals surface area contributed by atoms with Gasteiger partial charge in [0.15, 0.2) is 0 Å². The van der Waals surface area contributed by atoms with Crippen molar-refractivity contribution in [2.24, 2.45) is 5.73 Å². The fourth-order valence-electron chi connectivity index (χ4n) is 2.59. The molecule has 23 heavy (non-hydrogen) atoms. The summed E-state index contributed by atoms with van der Waals surface area (Å²) in [6.07, 6.45) is 0. The molecule has 112 valence electrons. The van der Waals surface area contributed by atoms with Crippen molar-refractivity contribution in [1.29, 1.82) is 5.26 Å². The Kier molecular flexibility index (Phi) is 4.09. The number of nitrogens with zero attached hydrogens (tertiary/aromatic N) is 1. The zero-order valence-electron chi connectivity index (χ0n) is 12.6. The van der Waals surface area contributed by atoms with Crippen LogP contribution in [0.3, 0.4) is 0 Å². The maximum atomic E-state index is 8.85. The van der Waals surface area contributed by atoms with Crippen LogP contribution < -0.4 is 11.5 Å². The Morgan fingerprint density at radius 2 is 1.35 bits per heavy atom. The lowest BCUT2D eigenvalue weighted by molar-refractivity contribution is 0.875. The standard InChI is InChI=1S/C20H17N3/c21-13-14-5-7-15(8-6-14)16-9-11-17(12-10-16)20(23)18-3-1-2-4-19(18)22/h1-12,20H,22-23H2. The van der Waals surface area contributed by atoms with Crippen LogP contribution in [0, 0.1) is 11.3 Å². The SMILES string of the molecule is N#Cc1ccc(-c2ccc(C(N)c3ccccc3N)cc2)cc1. The van der Waals surface area contributed by atoms with Gasteiger partial charge in [-0.2, -0.15) is 5.26 Å². The molecule has 0 spiro atoms. The molecule has 3 rings (SSSR count). The van der Waals surface area contributed by atoms with Crippen LogP contribution in [0.4, 0.5) is 5.69 Å². The molecule has 0 heterocycles. The third-order valence-electron chi connectivity index (χ3n) is 3.95. The lowest BCUT2D eigenvalue weighted by Crippen LogP contribution is -2.13. The predicted octanol–water partition coefficient (Wildman–Crippen LogP) is 3.86. The molecule has 0 saturated heterocycles. The van der Waals surface area contributed by atoms with E-state index < -0.39 is 0 Å². The fourth-order valence-corrected chi connectivity index (χ4v) is 2.59. The molecule has 0 radical (unpaired) electrons. The van der Waals surface area contributed by atoms with E-state index in [1.807, 2.05) is 72.8 Å². The number of anilines is 1. The summed E-state index contributed by atoms with van der Waals surface area (Å²) in [5.74, 6) is 0. The van der Waals surface area contributed by atoms with Crippen LogP contribution in [0.2, 0.25) is 0 Å². The van der Waals surface area contributed by atoms with Crippen molar-refractivity contribution >= 4 is 5.69 Å². The number of rotatable bonds is 3. The summed E-state index contributed by atoms with van der Waals surface area (Å²) in [7, 11) is 0. The van der Waals surface area contributed by atoms with Crippen LogP contribution in [-0.4, -0.2) is 0 Å². The summed E-state index contributed by atoms with van der Waals surface area (Å²) >= 11 is 0. The molecule has 3 aromatic carbocycles. The summed E-state index contributed by atoms with van der Waals surface area (Å²) < 4.78 is 0. The number of para-hydroxylation sites is 1. The average molecular weight is 299 g/mol.